The first-order valence-corrected chi connectivity index (χ1v) is 10.5. The van der Waals surface area contributed by atoms with Gasteiger partial charge in [0, 0.05) is 19.8 Å². The van der Waals surface area contributed by atoms with Crippen LogP contribution >= 0.6 is 45.2 Å². The first kappa shape index (κ1) is 25.1. The number of nitrogens with two attached hydrogens (primary N) is 1. The molecule has 0 fully saturated rings. The quantitative estimate of drug-likeness (QED) is 0.300. The Labute approximate surface area is 197 Å². The standard InChI is InChI=1S/C11H12INO3.C9H10INO2/c1-6-4-10(13-7(2)14)9(12)5-8(6)11(15)16-3;1-5-3-8(11)7(10)4-6(5)9(12)13-2/h4-5H,1-3H3,(H,13,14);3-4H,11H2,1-2H3. The van der Waals surface area contributed by atoms with Crippen molar-refractivity contribution in [3.8, 4) is 0 Å². The molecule has 2 aromatic carbocycles. The van der Waals surface area contributed by atoms with Crippen LogP contribution in [0.15, 0.2) is 24.3 Å². The molecular weight excluding hydrogens is 602 g/mol. The van der Waals surface area contributed by atoms with Gasteiger partial charge in [0.2, 0.25) is 5.91 Å². The van der Waals surface area contributed by atoms with E-state index in [2.05, 4.69) is 60.0 Å². The van der Waals surface area contributed by atoms with Gasteiger partial charge < -0.3 is 20.5 Å². The number of methoxy groups -OCH3 is 2. The molecule has 0 aromatic heterocycles. The Morgan fingerprint density at radius 1 is 0.862 bits per heavy atom. The number of rotatable bonds is 3. The van der Waals surface area contributed by atoms with E-state index in [1.54, 1.807) is 31.2 Å². The fraction of sp³-hybridized carbons (Fsp3) is 0.250. The average Bonchev–Trinajstić information content (AvgIpc) is 2.66. The van der Waals surface area contributed by atoms with Crippen molar-refractivity contribution in [2.75, 3.05) is 25.3 Å². The van der Waals surface area contributed by atoms with E-state index >= 15 is 0 Å². The van der Waals surface area contributed by atoms with Crippen LogP contribution < -0.4 is 11.1 Å². The van der Waals surface area contributed by atoms with Crippen LogP contribution in [0, 0.1) is 21.0 Å². The molecule has 1 amide bonds. The van der Waals surface area contributed by atoms with Crippen LogP contribution in [-0.2, 0) is 14.3 Å². The monoisotopic (exact) mass is 624 g/mol. The molecule has 0 saturated heterocycles. The van der Waals surface area contributed by atoms with Crippen molar-refractivity contribution < 1.29 is 23.9 Å². The minimum atomic E-state index is -0.371. The molecule has 0 aliphatic carbocycles. The van der Waals surface area contributed by atoms with Crippen LogP contribution in [0.2, 0.25) is 0 Å². The lowest BCUT2D eigenvalue weighted by atomic mass is 10.1. The fourth-order valence-electron chi connectivity index (χ4n) is 2.33. The summed E-state index contributed by atoms with van der Waals surface area (Å²) in [4.78, 5) is 33.6. The van der Waals surface area contributed by atoms with Crippen molar-refractivity contribution in [1.29, 1.82) is 0 Å². The SMILES string of the molecule is COC(=O)c1cc(I)c(N)cc1C.COC(=O)c1cc(I)c(NC(C)=O)cc1C. The van der Waals surface area contributed by atoms with Crippen molar-refractivity contribution in [3.05, 3.63) is 53.7 Å². The highest BCUT2D eigenvalue weighted by Gasteiger charge is 2.13. The van der Waals surface area contributed by atoms with E-state index in [9.17, 15) is 14.4 Å². The highest BCUT2D eigenvalue weighted by atomic mass is 127. The number of anilines is 2. The van der Waals surface area contributed by atoms with Crippen molar-refractivity contribution in [2.45, 2.75) is 20.8 Å². The zero-order chi connectivity index (χ0) is 22.3. The molecule has 0 radical (unpaired) electrons. The number of nitrogen functional groups attached to an aromatic ring is 1. The minimum Gasteiger partial charge on any atom is -0.465 e. The number of nitrogens with one attached hydrogen (secondary N) is 1. The van der Waals surface area contributed by atoms with Gasteiger partial charge in [-0.1, -0.05) is 0 Å². The first-order valence-electron chi connectivity index (χ1n) is 8.31. The second kappa shape index (κ2) is 11.3. The van der Waals surface area contributed by atoms with E-state index in [-0.39, 0.29) is 17.8 Å². The summed E-state index contributed by atoms with van der Waals surface area (Å²) in [6.45, 7) is 5.08. The molecule has 0 saturated carbocycles. The Hall–Kier alpha value is -1.89. The molecular formula is C20H22I2N2O5. The summed E-state index contributed by atoms with van der Waals surface area (Å²) in [5.74, 6) is -0.830. The summed E-state index contributed by atoms with van der Waals surface area (Å²) in [5, 5.41) is 2.70. The summed E-state index contributed by atoms with van der Waals surface area (Å²) in [5.41, 5.74) is 9.76. The van der Waals surface area contributed by atoms with Crippen molar-refractivity contribution in [3.63, 3.8) is 0 Å². The minimum absolute atomic E-state index is 0.136. The van der Waals surface area contributed by atoms with Crippen LogP contribution in [0.5, 0.6) is 0 Å². The Morgan fingerprint density at radius 3 is 1.76 bits per heavy atom. The number of ether oxygens (including phenoxy) is 2. The van der Waals surface area contributed by atoms with Gasteiger partial charge in [-0.25, -0.2) is 9.59 Å². The molecule has 0 aliphatic rings. The molecule has 0 unspecified atom stereocenters. The molecule has 2 aromatic rings. The second-order valence-corrected chi connectivity index (χ2v) is 8.32. The molecule has 0 aliphatic heterocycles. The molecule has 0 bridgehead atoms. The van der Waals surface area contributed by atoms with Crippen LogP contribution in [0.25, 0.3) is 0 Å². The van der Waals surface area contributed by atoms with E-state index in [0.29, 0.717) is 22.5 Å². The number of aryl methyl sites for hydroxylation is 2. The van der Waals surface area contributed by atoms with Gasteiger partial charge in [0.15, 0.2) is 0 Å². The highest BCUT2D eigenvalue weighted by Crippen LogP contribution is 2.23. The van der Waals surface area contributed by atoms with E-state index in [1.807, 2.05) is 6.92 Å². The number of halogens is 2. The van der Waals surface area contributed by atoms with Crippen LogP contribution in [-0.4, -0.2) is 32.1 Å². The largest absolute Gasteiger partial charge is 0.465 e. The predicted molar refractivity (Wildman–Crippen MR) is 129 cm³/mol. The normalized spacial score (nSPS) is 9.76. The van der Waals surface area contributed by atoms with Crippen molar-refractivity contribution in [1.82, 2.24) is 0 Å². The summed E-state index contributed by atoms with van der Waals surface area (Å²) in [6, 6.07) is 6.97. The molecule has 0 heterocycles. The van der Waals surface area contributed by atoms with E-state index in [1.165, 1.54) is 21.1 Å². The van der Waals surface area contributed by atoms with Gasteiger partial charge in [0.1, 0.15) is 0 Å². The number of hydrogen-bond acceptors (Lipinski definition) is 6. The third kappa shape index (κ3) is 7.14. The van der Waals surface area contributed by atoms with Crippen molar-refractivity contribution in [2.24, 2.45) is 0 Å². The molecule has 7 nitrogen and oxygen atoms in total. The summed E-state index contributed by atoms with van der Waals surface area (Å²) < 4.78 is 11.0. The van der Waals surface area contributed by atoms with E-state index in [0.717, 1.165) is 18.3 Å². The number of amides is 1. The lowest BCUT2D eigenvalue weighted by molar-refractivity contribution is -0.114. The lowest BCUT2D eigenvalue weighted by Gasteiger charge is -2.10. The Balaban J connectivity index is 0.000000296. The number of carbonyl (C=O) groups is 3. The molecule has 156 valence electrons. The zero-order valence-electron chi connectivity index (χ0n) is 16.7. The highest BCUT2D eigenvalue weighted by molar-refractivity contribution is 14.1. The first-order chi connectivity index (χ1) is 13.5. The van der Waals surface area contributed by atoms with Crippen molar-refractivity contribution >= 4 is 74.4 Å². The summed E-state index contributed by atoms with van der Waals surface area (Å²) in [6.07, 6.45) is 0. The van der Waals surface area contributed by atoms with Gasteiger partial charge in [-0.2, -0.15) is 0 Å². The van der Waals surface area contributed by atoms with Crippen LogP contribution in [0.1, 0.15) is 38.8 Å². The van der Waals surface area contributed by atoms with E-state index < -0.39 is 0 Å². The lowest BCUT2D eigenvalue weighted by Crippen LogP contribution is -2.10. The third-order valence-electron chi connectivity index (χ3n) is 3.78. The maximum Gasteiger partial charge on any atom is 0.338 e. The van der Waals surface area contributed by atoms with Gasteiger partial charge >= 0.3 is 11.9 Å². The maximum absolute atomic E-state index is 11.4. The molecule has 2 rings (SSSR count). The second-order valence-electron chi connectivity index (χ2n) is 6.00. The number of esters is 2. The molecule has 0 spiro atoms. The number of carbonyl (C=O) groups excluding carboxylic acids is 3. The van der Waals surface area contributed by atoms with Gasteiger partial charge in [-0.05, 0) is 94.4 Å². The van der Waals surface area contributed by atoms with Gasteiger partial charge in [0.05, 0.1) is 31.0 Å². The summed E-state index contributed by atoms with van der Waals surface area (Å²) in [7, 11) is 2.71. The van der Waals surface area contributed by atoms with Gasteiger partial charge in [0.25, 0.3) is 0 Å². The Kier molecular flexibility index (Phi) is 9.83. The van der Waals surface area contributed by atoms with Crippen LogP contribution in [0.3, 0.4) is 0 Å². The number of benzene rings is 2. The van der Waals surface area contributed by atoms with E-state index in [4.69, 9.17) is 5.73 Å². The maximum atomic E-state index is 11.4. The smallest absolute Gasteiger partial charge is 0.338 e. The summed E-state index contributed by atoms with van der Waals surface area (Å²) >= 11 is 4.15. The molecule has 0 atom stereocenters. The number of hydrogen-bond donors (Lipinski definition) is 2. The topological polar surface area (TPSA) is 108 Å². The molecule has 29 heavy (non-hydrogen) atoms. The third-order valence-corrected chi connectivity index (χ3v) is 5.61. The zero-order valence-corrected chi connectivity index (χ0v) is 21.0. The van der Waals surface area contributed by atoms with Gasteiger partial charge in [-0.3, -0.25) is 4.79 Å². The fourth-order valence-corrected chi connectivity index (χ4v) is 3.40. The Morgan fingerprint density at radius 2 is 1.31 bits per heavy atom. The Bertz CT molecular complexity index is 945. The van der Waals surface area contributed by atoms with Gasteiger partial charge in [-0.15, -0.1) is 0 Å². The predicted octanol–water partition coefficient (Wildman–Crippen LogP) is 4.31. The molecule has 3 N–H and O–H groups in total. The average molecular weight is 624 g/mol. The molecule has 9 heteroatoms. The van der Waals surface area contributed by atoms with Crippen LogP contribution in [0.4, 0.5) is 11.4 Å².